The van der Waals surface area contributed by atoms with Crippen LogP contribution in [-0.2, 0) is 11.3 Å². The van der Waals surface area contributed by atoms with Crippen LogP contribution in [0.1, 0.15) is 34.3 Å². The second-order valence-electron chi connectivity index (χ2n) is 7.65. The summed E-state index contributed by atoms with van der Waals surface area (Å²) in [7, 11) is 0. The van der Waals surface area contributed by atoms with E-state index in [0.29, 0.717) is 31.0 Å². The van der Waals surface area contributed by atoms with Crippen molar-refractivity contribution in [2.24, 2.45) is 5.92 Å². The number of rotatable bonds is 5. The Morgan fingerprint density at radius 2 is 1.97 bits per heavy atom. The number of aryl methyl sites for hydroxylation is 1. The average molecular weight is 403 g/mol. The van der Waals surface area contributed by atoms with Crippen LogP contribution in [0.15, 0.2) is 61.1 Å². The molecule has 1 aliphatic rings. The summed E-state index contributed by atoms with van der Waals surface area (Å²) >= 11 is 0. The van der Waals surface area contributed by atoms with Gasteiger partial charge in [-0.15, -0.1) is 0 Å². The van der Waals surface area contributed by atoms with Crippen LogP contribution in [0.5, 0.6) is 0 Å². The van der Waals surface area contributed by atoms with Crippen molar-refractivity contribution in [3.05, 3.63) is 77.7 Å². The van der Waals surface area contributed by atoms with Crippen LogP contribution in [0.2, 0.25) is 0 Å². The lowest BCUT2D eigenvalue weighted by molar-refractivity contribution is -0.121. The molecule has 30 heavy (non-hydrogen) atoms. The van der Waals surface area contributed by atoms with Crippen molar-refractivity contribution in [1.82, 2.24) is 19.7 Å². The summed E-state index contributed by atoms with van der Waals surface area (Å²) in [5, 5.41) is 7.11. The van der Waals surface area contributed by atoms with Gasteiger partial charge in [0.15, 0.2) is 0 Å². The largest absolute Gasteiger partial charge is 0.338 e. The van der Waals surface area contributed by atoms with Crippen LogP contribution in [0.25, 0.3) is 0 Å². The van der Waals surface area contributed by atoms with Gasteiger partial charge in [-0.1, -0.05) is 18.2 Å². The Kier molecular flexibility index (Phi) is 5.88. The van der Waals surface area contributed by atoms with E-state index in [0.717, 1.165) is 24.0 Å². The highest BCUT2D eigenvalue weighted by atomic mass is 16.2. The lowest BCUT2D eigenvalue weighted by atomic mass is 9.96. The number of hydrogen-bond acceptors (Lipinski definition) is 4. The Bertz CT molecular complexity index is 1010. The van der Waals surface area contributed by atoms with Crippen LogP contribution in [-0.4, -0.2) is 44.6 Å². The molecule has 2 aromatic heterocycles. The second-order valence-corrected chi connectivity index (χ2v) is 7.65. The molecule has 1 unspecified atom stereocenters. The number of pyridine rings is 1. The zero-order chi connectivity index (χ0) is 20.9. The monoisotopic (exact) mass is 403 g/mol. The van der Waals surface area contributed by atoms with E-state index in [1.807, 2.05) is 60.3 Å². The van der Waals surface area contributed by atoms with Gasteiger partial charge < -0.3 is 10.2 Å². The van der Waals surface area contributed by atoms with Gasteiger partial charge in [0.25, 0.3) is 5.91 Å². The standard InChI is InChI=1S/C23H25N5O2/c1-17-5-2-11-24-21(17)26-22(29)20-6-3-13-27(16-20)23(30)19-9-7-18(8-10-19)15-28-14-4-12-25-28/h2,4-5,7-12,14,20H,3,6,13,15-16H2,1H3,(H,24,26,29). The number of likely N-dealkylation sites (tertiary alicyclic amines) is 1. The van der Waals surface area contributed by atoms with Crippen molar-refractivity contribution in [2.75, 3.05) is 18.4 Å². The molecule has 0 saturated carbocycles. The zero-order valence-electron chi connectivity index (χ0n) is 17.0. The molecule has 3 aromatic rings. The SMILES string of the molecule is Cc1cccnc1NC(=O)C1CCCN(C(=O)c2ccc(Cn3cccn3)cc2)C1. The Morgan fingerprint density at radius 1 is 1.13 bits per heavy atom. The minimum Gasteiger partial charge on any atom is -0.338 e. The highest BCUT2D eigenvalue weighted by molar-refractivity contribution is 5.96. The molecule has 0 bridgehead atoms. The number of nitrogens with zero attached hydrogens (tertiary/aromatic N) is 4. The topological polar surface area (TPSA) is 80.1 Å². The summed E-state index contributed by atoms with van der Waals surface area (Å²) in [4.78, 5) is 31.7. The lowest BCUT2D eigenvalue weighted by Gasteiger charge is -2.32. The maximum atomic E-state index is 13.0. The molecule has 1 aliphatic heterocycles. The third-order valence-corrected chi connectivity index (χ3v) is 5.44. The molecule has 0 aliphatic carbocycles. The van der Waals surface area contributed by atoms with Gasteiger partial charge in [0.1, 0.15) is 5.82 Å². The number of piperidine rings is 1. The first-order valence-electron chi connectivity index (χ1n) is 10.2. The molecule has 7 heteroatoms. The fourth-order valence-electron chi connectivity index (χ4n) is 3.73. The van der Waals surface area contributed by atoms with E-state index in [1.165, 1.54) is 0 Å². The summed E-state index contributed by atoms with van der Waals surface area (Å²) < 4.78 is 1.84. The molecule has 1 fully saturated rings. The molecular weight excluding hydrogens is 378 g/mol. The smallest absolute Gasteiger partial charge is 0.253 e. The van der Waals surface area contributed by atoms with Crippen molar-refractivity contribution in [1.29, 1.82) is 0 Å². The fourth-order valence-corrected chi connectivity index (χ4v) is 3.73. The van der Waals surface area contributed by atoms with Gasteiger partial charge in [0.05, 0.1) is 12.5 Å². The van der Waals surface area contributed by atoms with Gasteiger partial charge in [-0.2, -0.15) is 5.10 Å². The van der Waals surface area contributed by atoms with E-state index >= 15 is 0 Å². The van der Waals surface area contributed by atoms with Gasteiger partial charge in [-0.25, -0.2) is 4.98 Å². The van der Waals surface area contributed by atoms with Gasteiger partial charge in [0, 0.05) is 37.2 Å². The van der Waals surface area contributed by atoms with E-state index in [9.17, 15) is 9.59 Å². The first-order chi connectivity index (χ1) is 14.6. The number of hydrogen-bond donors (Lipinski definition) is 1. The molecule has 1 aromatic carbocycles. The quantitative estimate of drug-likeness (QED) is 0.710. The number of nitrogens with one attached hydrogen (secondary N) is 1. The number of aromatic nitrogens is 3. The molecule has 0 spiro atoms. The maximum absolute atomic E-state index is 13.0. The molecule has 1 atom stereocenters. The zero-order valence-corrected chi connectivity index (χ0v) is 17.0. The number of carbonyl (C=O) groups excluding carboxylic acids is 2. The third-order valence-electron chi connectivity index (χ3n) is 5.44. The summed E-state index contributed by atoms with van der Waals surface area (Å²) in [6, 6.07) is 13.2. The summed E-state index contributed by atoms with van der Waals surface area (Å²) in [5.41, 5.74) is 2.64. The Labute approximate surface area is 175 Å². The maximum Gasteiger partial charge on any atom is 0.253 e. The van der Waals surface area contributed by atoms with Gasteiger partial charge in [0.2, 0.25) is 5.91 Å². The average Bonchev–Trinajstić information content (AvgIpc) is 3.28. The van der Waals surface area contributed by atoms with Gasteiger partial charge >= 0.3 is 0 Å². The fraction of sp³-hybridized carbons (Fsp3) is 0.304. The number of benzene rings is 1. The summed E-state index contributed by atoms with van der Waals surface area (Å²) in [6.45, 7) is 3.67. The van der Waals surface area contributed by atoms with Crippen molar-refractivity contribution in [2.45, 2.75) is 26.3 Å². The van der Waals surface area contributed by atoms with Crippen molar-refractivity contribution < 1.29 is 9.59 Å². The van der Waals surface area contributed by atoms with Gasteiger partial charge in [-0.05, 0) is 55.2 Å². The van der Waals surface area contributed by atoms with E-state index in [4.69, 9.17) is 0 Å². The first-order valence-corrected chi connectivity index (χ1v) is 10.2. The minimum atomic E-state index is -0.233. The first kappa shape index (κ1) is 19.8. The van der Waals surface area contributed by atoms with Crippen molar-refractivity contribution >= 4 is 17.6 Å². The Balaban J connectivity index is 1.38. The predicted octanol–water partition coefficient (Wildman–Crippen LogP) is 3.13. The van der Waals surface area contributed by atoms with E-state index in [-0.39, 0.29) is 17.7 Å². The van der Waals surface area contributed by atoms with E-state index in [2.05, 4.69) is 15.4 Å². The van der Waals surface area contributed by atoms with Crippen LogP contribution < -0.4 is 5.32 Å². The van der Waals surface area contributed by atoms with Crippen LogP contribution in [0.4, 0.5) is 5.82 Å². The molecule has 2 amide bonds. The summed E-state index contributed by atoms with van der Waals surface area (Å²) in [5.74, 6) is 0.234. The van der Waals surface area contributed by atoms with Crippen LogP contribution >= 0.6 is 0 Å². The molecular formula is C23H25N5O2. The summed E-state index contributed by atoms with van der Waals surface area (Å²) in [6.07, 6.45) is 6.89. The normalized spacial score (nSPS) is 16.3. The van der Waals surface area contributed by atoms with Crippen molar-refractivity contribution in [3.8, 4) is 0 Å². The predicted molar refractivity (Wildman–Crippen MR) is 114 cm³/mol. The number of carbonyl (C=O) groups is 2. The highest BCUT2D eigenvalue weighted by Crippen LogP contribution is 2.21. The van der Waals surface area contributed by atoms with Crippen LogP contribution in [0.3, 0.4) is 0 Å². The minimum absolute atomic E-state index is 0.0350. The van der Waals surface area contributed by atoms with E-state index in [1.54, 1.807) is 17.3 Å². The Morgan fingerprint density at radius 3 is 2.70 bits per heavy atom. The number of amides is 2. The molecule has 7 nitrogen and oxygen atoms in total. The lowest BCUT2D eigenvalue weighted by Crippen LogP contribution is -2.43. The molecule has 1 saturated heterocycles. The van der Waals surface area contributed by atoms with E-state index < -0.39 is 0 Å². The third kappa shape index (κ3) is 4.56. The molecule has 3 heterocycles. The second kappa shape index (κ2) is 8.90. The molecule has 154 valence electrons. The van der Waals surface area contributed by atoms with Crippen LogP contribution in [0, 0.1) is 12.8 Å². The number of anilines is 1. The van der Waals surface area contributed by atoms with Gasteiger partial charge in [-0.3, -0.25) is 14.3 Å². The Hall–Kier alpha value is -3.48. The highest BCUT2D eigenvalue weighted by Gasteiger charge is 2.29. The van der Waals surface area contributed by atoms with Crippen molar-refractivity contribution in [3.63, 3.8) is 0 Å². The molecule has 4 rings (SSSR count). The molecule has 0 radical (unpaired) electrons. The molecule has 1 N–H and O–H groups in total.